The number of anilines is 1. The average Bonchev–Trinajstić information content (AvgIpc) is 2.95. The van der Waals surface area contributed by atoms with Crippen LogP contribution in [0.25, 0.3) is 0 Å². The van der Waals surface area contributed by atoms with Gasteiger partial charge in [-0.2, -0.15) is 0 Å². The summed E-state index contributed by atoms with van der Waals surface area (Å²) in [5, 5.41) is 2.60. The van der Waals surface area contributed by atoms with Crippen molar-refractivity contribution in [1.29, 1.82) is 0 Å². The molecule has 208 valence electrons. The molecule has 0 spiro atoms. The molecule has 10 heteroatoms. The minimum atomic E-state index is -3.83. The van der Waals surface area contributed by atoms with Crippen molar-refractivity contribution in [2.45, 2.75) is 32.5 Å². The van der Waals surface area contributed by atoms with Gasteiger partial charge in [0.25, 0.3) is 0 Å². The largest absolute Gasteiger partial charge is 0.497 e. The lowest BCUT2D eigenvalue weighted by Crippen LogP contribution is -2.51. The van der Waals surface area contributed by atoms with Crippen LogP contribution in [0.2, 0.25) is 0 Å². The predicted molar refractivity (Wildman–Crippen MR) is 151 cm³/mol. The monoisotopic (exact) mass is 553 g/mol. The molecule has 0 unspecified atom stereocenters. The number of ether oxygens (including phenoxy) is 2. The minimum absolute atomic E-state index is 0.124. The Morgan fingerprint density at radius 2 is 1.51 bits per heavy atom. The third-order valence-corrected chi connectivity index (χ3v) is 7.34. The zero-order valence-corrected chi connectivity index (χ0v) is 23.5. The molecule has 0 aliphatic heterocycles. The highest BCUT2D eigenvalue weighted by atomic mass is 32.2. The Balaban J connectivity index is 1.83. The van der Waals surface area contributed by atoms with Gasteiger partial charge in [0.1, 0.15) is 30.7 Å². The first kappa shape index (κ1) is 29.5. The number of carbonyl (C=O) groups excluding carboxylic acids is 2. The van der Waals surface area contributed by atoms with Gasteiger partial charge in [-0.1, -0.05) is 49.4 Å². The fourth-order valence-electron chi connectivity index (χ4n) is 4.08. The summed E-state index contributed by atoms with van der Waals surface area (Å²) < 4.78 is 37.6. The molecule has 0 fully saturated rings. The molecule has 1 atom stereocenters. The van der Waals surface area contributed by atoms with E-state index in [-0.39, 0.29) is 12.5 Å². The summed E-state index contributed by atoms with van der Waals surface area (Å²) in [6, 6.07) is 22.6. The number of sulfonamides is 1. The van der Waals surface area contributed by atoms with Gasteiger partial charge in [-0.3, -0.25) is 13.9 Å². The van der Waals surface area contributed by atoms with Crippen molar-refractivity contribution in [3.8, 4) is 11.5 Å². The maximum absolute atomic E-state index is 13.6. The van der Waals surface area contributed by atoms with Gasteiger partial charge in [-0.05, 0) is 53.9 Å². The maximum atomic E-state index is 13.6. The molecule has 9 nitrogen and oxygen atoms in total. The smallest absolute Gasteiger partial charge is 0.244 e. The van der Waals surface area contributed by atoms with Crippen LogP contribution in [0, 0.1) is 0 Å². The number of nitrogens with one attached hydrogen (secondary N) is 1. The lowest BCUT2D eigenvalue weighted by molar-refractivity contribution is -0.140. The normalized spacial score (nSPS) is 11.8. The van der Waals surface area contributed by atoms with Crippen LogP contribution in [0.15, 0.2) is 78.9 Å². The van der Waals surface area contributed by atoms with Gasteiger partial charge in [0.15, 0.2) is 0 Å². The Bertz CT molecular complexity index is 1330. The molecule has 0 aliphatic carbocycles. The minimum Gasteiger partial charge on any atom is -0.497 e. The van der Waals surface area contributed by atoms with E-state index in [0.717, 1.165) is 21.7 Å². The fraction of sp³-hybridized carbons (Fsp3) is 0.310. The number of methoxy groups -OCH3 is 1. The summed E-state index contributed by atoms with van der Waals surface area (Å²) >= 11 is 0. The first-order valence-electron chi connectivity index (χ1n) is 12.5. The highest BCUT2D eigenvalue weighted by molar-refractivity contribution is 7.92. The lowest BCUT2D eigenvalue weighted by atomic mass is 10.1. The van der Waals surface area contributed by atoms with Gasteiger partial charge >= 0.3 is 0 Å². The first-order valence-corrected chi connectivity index (χ1v) is 14.4. The topological polar surface area (TPSA) is 105 Å². The molecule has 39 heavy (non-hydrogen) atoms. The first-order chi connectivity index (χ1) is 18.7. The molecular formula is C29H35N3O6S. The zero-order valence-electron chi connectivity index (χ0n) is 22.7. The number of carbonyl (C=O) groups is 2. The number of likely N-dealkylation sites (N-methyl/N-ethyl adjacent to an activating group) is 1. The number of hydrogen-bond acceptors (Lipinski definition) is 6. The van der Waals surface area contributed by atoms with Crippen LogP contribution < -0.4 is 19.1 Å². The van der Waals surface area contributed by atoms with Crippen molar-refractivity contribution in [3.05, 3.63) is 90.0 Å². The maximum Gasteiger partial charge on any atom is 0.244 e. The number of benzene rings is 3. The van der Waals surface area contributed by atoms with Crippen LogP contribution >= 0.6 is 0 Å². The van der Waals surface area contributed by atoms with E-state index in [9.17, 15) is 18.0 Å². The molecule has 2 amide bonds. The Kier molecular flexibility index (Phi) is 10.3. The van der Waals surface area contributed by atoms with Gasteiger partial charge in [-0.15, -0.1) is 0 Å². The number of rotatable bonds is 13. The third-order valence-electron chi connectivity index (χ3n) is 6.20. The summed E-state index contributed by atoms with van der Waals surface area (Å²) in [6.45, 7) is 1.83. The van der Waals surface area contributed by atoms with E-state index in [4.69, 9.17) is 9.47 Å². The van der Waals surface area contributed by atoms with Crippen molar-refractivity contribution >= 4 is 27.5 Å². The molecule has 0 saturated heterocycles. The molecular weight excluding hydrogens is 518 g/mol. The second kappa shape index (κ2) is 13.7. The van der Waals surface area contributed by atoms with Crippen LogP contribution in [0.3, 0.4) is 0 Å². The third kappa shape index (κ3) is 8.22. The molecule has 1 N–H and O–H groups in total. The second-order valence-electron chi connectivity index (χ2n) is 8.95. The van der Waals surface area contributed by atoms with E-state index in [2.05, 4.69) is 5.32 Å². The Morgan fingerprint density at radius 3 is 2.05 bits per heavy atom. The van der Waals surface area contributed by atoms with Crippen LogP contribution in [0.5, 0.6) is 11.5 Å². The highest BCUT2D eigenvalue weighted by Gasteiger charge is 2.31. The summed E-state index contributed by atoms with van der Waals surface area (Å²) in [7, 11) is -0.761. The van der Waals surface area contributed by atoms with Gasteiger partial charge < -0.3 is 19.7 Å². The molecule has 3 rings (SSSR count). The van der Waals surface area contributed by atoms with Crippen LogP contribution in [-0.4, -0.2) is 58.1 Å². The molecule has 0 radical (unpaired) electrons. The summed E-state index contributed by atoms with van der Waals surface area (Å²) in [6.07, 6.45) is 1.40. The average molecular weight is 554 g/mol. The van der Waals surface area contributed by atoms with Crippen LogP contribution in [0.1, 0.15) is 24.5 Å². The molecule has 0 aromatic heterocycles. The summed E-state index contributed by atoms with van der Waals surface area (Å²) in [5.41, 5.74) is 2.09. The van der Waals surface area contributed by atoms with E-state index in [1.54, 1.807) is 62.6 Å². The quantitative estimate of drug-likeness (QED) is 0.347. The standard InChI is InChI=1S/C29H35N3O6S/c1-5-27(29(34)30-2)31(19-22-11-15-25(37-3)16-12-22)28(33)20-32(39(4,35)36)24-13-17-26(18-14-24)38-21-23-9-7-6-8-10-23/h6-18,27H,5,19-21H2,1-4H3,(H,30,34)/t27-/m0/s1. The van der Waals surface area contributed by atoms with Gasteiger partial charge in [0, 0.05) is 13.6 Å². The van der Waals surface area contributed by atoms with E-state index >= 15 is 0 Å². The van der Waals surface area contributed by atoms with E-state index in [1.807, 2.05) is 30.3 Å². The fourth-order valence-corrected chi connectivity index (χ4v) is 4.93. The predicted octanol–water partition coefficient (Wildman–Crippen LogP) is 3.59. The molecule has 0 saturated carbocycles. The van der Waals surface area contributed by atoms with E-state index < -0.39 is 28.5 Å². The van der Waals surface area contributed by atoms with Crippen molar-refractivity contribution in [1.82, 2.24) is 10.2 Å². The second-order valence-corrected chi connectivity index (χ2v) is 10.9. The van der Waals surface area contributed by atoms with Crippen molar-refractivity contribution < 1.29 is 27.5 Å². The summed E-state index contributed by atoms with van der Waals surface area (Å²) in [5.74, 6) is 0.393. The zero-order chi connectivity index (χ0) is 28.4. The molecule has 3 aromatic carbocycles. The number of nitrogens with zero attached hydrogens (tertiary/aromatic N) is 2. The van der Waals surface area contributed by atoms with Crippen molar-refractivity contribution in [3.63, 3.8) is 0 Å². The molecule has 0 heterocycles. The Morgan fingerprint density at radius 1 is 0.897 bits per heavy atom. The van der Waals surface area contributed by atoms with Crippen LogP contribution in [-0.2, 0) is 32.8 Å². The van der Waals surface area contributed by atoms with E-state index in [0.29, 0.717) is 30.2 Å². The van der Waals surface area contributed by atoms with Gasteiger partial charge in [0.2, 0.25) is 21.8 Å². The highest BCUT2D eigenvalue weighted by Crippen LogP contribution is 2.24. The molecule has 3 aromatic rings. The Hall–Kier alpha value is -4.05. The van der Waals surface area contributed by atoms with E-state index in [1.165, 1.54) is 11.9 Å². The number of amides is 2. The Labute approximate surface area is 230 Å². The van der Waals surface area contributed by atoms with Gasteiger partial charge in [0.05, 0.1) is 19.1 Å². The molecule has 0 aliphatic rings. The van der Waals surface area contributed by atoms with Gasteiger partial charge in [-0.25, -0.2) is 8.42 Å². The van der Waals surface area contributed by atoms with Crippen LogP contribution in [0.4, 0.5) is 5.69 Å². The number of hydrogen-bond donors (Lipinski definition) is 1. The van der Waals surface area contributed by atoms with Crippen molar-refractivity contribution in [2.75, 3.05) is 31.3 Å². The lowest BCUT2D eigenvalue weighted by Gasteiger charge is -2.32. The SMILES string of the molecule is CC[C@@H](C(=O)NC)N(Cc1ccc(OC)cc1)C(=O)CN(c1ccc(OCc2ccccc2)cc1)S(C)(=O)=O. The molecule has 0 bridgehead atoms. The summed E-state index contributed by atoms with van der Waals surface area (Å²) in [4.78, 5) is 27.7. The van der Waals surface area contributed by atoms with Crippen molar-refractivity contribution in [2.24, 2.45) is 0 Å².